The van der Waals surface area contributed by atoms with E-state index in [1.54, 1.807) is 13.8 Å². The molecule has 0 saturated heterocycles. The molecule has 0 radical (unpaired) electrons. The molecule has 162 valence electrons. The number of esters is 2. The number of hydrogen-bond acceptors (Lipinski definition) is 6. The first kappa shape index (κ1) is 21.1. The molecule has 4 saturated carbocycles. The molecule has 4 fully saturated rings. The fraction of sp³-hybridized carbons (Fsp3) is 0.609. The maximum Gasteiger partial charge on any atom is 0.348 e. The zero-order chi connectivity index (χ0) is 21.5. The lowest BCUT2D eigenvalue weighted by Crippen LogP contribution is -2.51. The van der Waals surface area contributed by atoms with Gasteiger partial charge in [-0.2, -0.15) is 0 Å². The summed E-state index contributed by atoms with van der Waals surface area (Å²) in [6.45, 7) is 7.26. The van der Waals surface area contributed by atoms with Gasteiger partial charge in [-0.3, -0.25) is 4.79 Å². The molecule has 4 bridgehead atoms. The monoisotopic (exact) mass is 431 g/mol. The Kier molecular flexibility index (Phi) is 5.75. The molecule has 1 N–H and O–H groups in total. The number of ether oxygens (including phenoxy) is 2. The summed E-state index contributed by atoms with van der Waals surface area (Å²) in [7, 11) is 0. The quantitative estimate of drug-likeness (QED) is 0.498. The van der Waals surface area contributed by atoms with Crippen LogP contribution in [0.1, 0.15) is 71.0 Å². The normalized spacial score (nSPS) is 28.8. The van der Waals surface area contributed by atoms with E-state index in [9.17, 15) is 14.4 Å². The van der Waals surface area contributed by atoms with Gasteiger partial charge in [0.2, 0.25) is 5.91 Å². The van der Waals surface area contributed by atoms with E-state index in [2.05, 4.69) is 11.9 Å². The molecule has 0 spiro atoms. The van der Waals surface area contributed by atoms with Crippen LogP contribution in [0.4, 0.5) is 5.00 Å². The predicted octanol–water partition coefficient (Wildman–Crippen LogP) is 4.73. The van der Waals surface area contributed by atoms with Gasteiger partial charge in [-0.05, 0) is 75.7 Å². The first-order valence-corrected chi connectivity index (χ1v) is 11.6. The van der Waals surface area contributed by atoms with Crippen LogP contribution in [-0.4, -0.2) is 31.1 Å². The van der Waals surface area contributed by atoms with E-state index in [1.165, 1.54) is 25.3 Å². The zero-order valence-electron chi connectivity index (χ0n) is 17.6. The first-order valence-electron chi connectivity index (χ1n) is 10.8. The second kappa shape index (κ2) is 8.17. The number of nitrogens with one attached hydrogen (secondary N) is 1. The summed E-state index contributed by atoms with van der Waals surface area (Å²) in [4.78, 5) is 38.9. The van der Waals surface area contributed by atoms with Crippen LogP contribution in [-0.2, 0) is 14.3 Å². The van der Waals surface area contributed by atoms with Gasteiger partial charge < -0.3 is 14.8 Å². The SMILES string of the molecule is C=CCOC(=O)c1sc(NC(=O)C23CC4CC(CC(C4)C2)C3)c(C(=O)OCC)c1C. The third-order valence-electron chi connectivity index (χ3n) is 6.89. The summed E-state index contributed by atoms with van der Waals surface area (Å²) in [6, 6.07) is 0. The van der Waals surface area contributed by atoms with E-state index in [0.29, 0.717) is 33.2 Å². The van der Waals surface area contributed by atoms with Crippen LogP contribution >= 0.6 is 11.3 Å². The van der Waals surface area contributed by atoms with E-state index in [1.807, 2.05) is 0 Å². The molecule has 6 nitrogen and oxygen atoms in total. The van der Waals surface area contributed by atoms with Gasteiger partial charge in [0.1, 0.15) is 16.5 Å². The molecule has 5 rings (SSSR count). The van der Waals surface area contributed by atoms with E-state index in [0.717, 1.165) is 30.6 Å². The Bertz CT molecular complexity index is 851. The van der Waals surface area contributed by atoms with E-state index in [-0.39, 0.29) is 30.1 Å². The minimum absolute atomic E-state index is 0.0144. The second-order valence-electron chi connectivity index (χ2n) is 9.02. The molecule has 0 aliphatic heterocycles. The average molecular weight is 432 g/mol. The van der Waals surface area contributed by atoms with Crippen molar-refractivity contribution in [1.82, 2.24) is 0 Å². The van der Waals surface area contributed by atoms with Gasteiger partial charge in [0, 0.05) is 0 Å². The predicted molar refractivity (Wildman–Crippen MR) is 115 cm³/mol. The highest BCUT2D eigenvalue weighted by molar-refractivity contribution is 7.18. The van der Waals surface area contributed by atoms with Gasteiger partial charge in [-0.1, -0.05) is 12.7 Å². The zero-order valence-corrected chi connectivity index (χ0v) is 18.4. The summed E-state index contributed by atoms with van der Waals surface area (Å²) in [6.07, 6.45) is 8.02. The van der Waals surface area contributed by atoms with Crippen molar-refractivity contribution >= 4 is 34.2 Å². The van der Waals surface area contributed by atoms with Crippen molar-refractivity contribution in [1.29, 1.82) is 0 Å². The van der Waals surface area contributed by atoms with Crippen molar-refractivity contribution in [2.45, 2.75) is 52.4 Å². The molecular formula is C23H29NO5S. The number of anilines is 1. The highest BCUT2D eigenvalue weighted by Gasteiger charge is 2.54. The maximum atomic E-state index is 13.5. The van der Waals surface area contributed by atoms with E-state index < -0.39 is 11.9 Å². The Morgan fingerprint density at radius 1 is 1.10 bits per heavy atom. The molecular weight excluding hydrogens is 402 g/mol. The van der Waals surface area contributed by atoms with Crippen molar-refractivity contribution in [3.8, 4) is 0 Å². The van der Waals surface area contributed by atoms with Gasteiger partial charge in [0.05, 0.1) is 17.6 Å². The fourth-order valence-electron chi connectivity index (χ4n) is 6.07. The van der Waals surface area contributed by atoms with E-state index in [4.69, 9.17) is 9.47 Å². The van der Waals surface area contributed by atoms with Crippen molar-refractivity contribution in [2.75, 3.05) is 18.5 Å². The molecule has 4 aliphatic carbocycles. The van der Waals surface area contributed by atoms with Crippen LogP contribution in [0.3, 0.4) is 0 Å². The van der Waals surface area contributed by atoms with E-state index >= 15 is 0 Å². The summed E-state index contributed by atoms with van der Waals surface area (Å²) in [5.41, 5.74) is 0.390. The molecule has 30 heavy (non-hydrogen) atoms. The van der Waals surface area contributed by atoms with Crippen LogP contribution in [0.15, 0.2) is 12.7 Å². The summed E-state index contributed by atoms with van der Waals surface area (Å²) in [5.74, 6) is 0.843. The highest BCUT2D eigenvalue weighted by atomic mass is 32.1. The van der Waals surface area contributed by atoms with Crippen LogP contribution < -0.4 is 5.32 Å². The average Bonchev–Trinajstić information content (AvgIpc) is 3.01. The van der Waals surface area contributed by atoms with Crippen LogP contribution in [0, 0.1) is 30.1 Å². The lowest BCUT2D eigenvalue weighted by atomic mass is 9.49. The highest BCUT2D eigenvalue weighted by Crippen LogP contribution is 2.60. The summed E-state index contributed by atoms with van der Waals surface area (Å²) >= 11 is 1.09. The number of thiophene rings is 1. The standard InChI is InChI=1S/C23H29NO5S/c1-4-6-29-21(26)18-13(3)17(20(25)28-5-2)19(30-18)24-22(27)23-10-14-7-15(11-23)9-16(8-14)12-23/h4,14-16H,1,5-12H2,2-3H3,(H,24,27). The second-order valence-corrected chi connectivity index (χ2v) is 10.0. The fourth-order valence-corrected chi connectivity index (χ4v) is 7.15. The van der Waals surface area contributed by atoms with Crippen LogP contribution in [0.2, 0.25) is 0 Å². The third kappa shape index (κ3) is 3.68. The number of carbonyl (C=O) groups excluding carboxylic acids is 3. The lowest BCUT2D eigenvalue weighted by Gasteiger charge is -2.55. The van der Waals surface area contributed by atoms with Gasteiger partial charge in [-0.15, -0.1) is 11.3 Å². The van der Waals surface area contributed by atoms with Gasteiger partial charge in [-0.25, -0.2) is 9.59 Å². The van der Waals surface area contributed by atoms with Crippen LogP contribution in [0.25, 0.3) is 0 Å². The number of hydrogen-bond donors (Lipinski definition) is 1. The Hall–Kier alpha value is -2.15. The van der Waals surface area contributed by atoms with Gasteiger partial charge >= 0.3 is 11.9 Å². The molecule has 1 amide bonds. The maximum absolute atomic E-state index is 13.5. The molecule has 1 aromatic heterocycles. The summed E-state index contributed by atoms with van der Waals surface area (Å²) in [5, 5.41) is 3.42. The molecule has 0 unspecified atom stereocenters. The molecule has 4 aliphatic rings. The van der Waals surface area contributed by atoms with Crippen molar-refractivity contribution in [2.24, 2.45) is 23.2 Å². The van der Waals surface area contributed by atoms with Crippen molar-refractivity contribution in [3.05, 3.63) is 28.7 Å². The topological polar surface area (TPSA) is 81.7 Å². The number of carbonyl (C=O) groups is 3. The molecule has 0 atom stereocenters. The minimum Gasteiger partial charge on any atom is -0.462 e. The Balaban J connectivity index is 1.62. The third-order valence-corrected chi connectivity index (χ3v) is 8.08. The lowest BCUT2D eigenvalue weighted by molar-refractivity contribution is -0.140. The smallest absolute Gasteiger partial charge is 0.348 e. The van der Waals surface area contributed by atoms with Crippen molar-refractivity contribution < 1.29 is 23.9 Å². The Morgan fingerprint density at radius 2 is 1.70 bits per heavy atom. The van der Waals surface area contributed by atoms with Gasteiger partial charge in [0.25, 0.3) is 0 Å². The molecule has 1 aromatic rings. The number of amides is 1. The van der Waals surface area contributed by atoms with Crippen molar-refractivity contribution in [3.63, 3.8) is 0 Å². The minimum atomic E-state index is -0.533. The largest absolute Gasteiger partial charge is 0.462 e. The Morgan fingerprint density at radius 3 is 2.23 bits per heavy atom. The molecule has 0 aromatic carbocycles. The summed E-state index contributed by atoms with van der Waals surface area (Å²) < 4.78 is 10.4. The van der Waals surface area contributed by atoms with Gasteiger partial charge in [0.15, 0.2) is 0 Å². The molecule has 7 heteroatoms. The number of rotatable bonds is 7. The Labute approximate surface area is 181 Å². The van der Waals surface area contributed by atoms with Crippen LogP contribution in [0.5, 0.6) is 0 Å². The molecule has 1 heterocycles. The first-order chi connectivity index (χ1) is 14.4.